The van der Waals surface area contributed by atoms with Gasteiger partial charge in [-0.3, -0.25) is 9.55 Å². The molecule has 0 aliphatic heterocycles. The SMILES string of the molecule is Cc1cn(-c2cncc(F)c2)c(=S)[nH]1. The molecule has 1 N–H and O–H groups in total. The molecule has 0 unspecified atom stereocenters. The van der Waals surface area contributed by atoms with Gasteiger partial charge in [-0.15, -0.1) is 0 Å². The van der Waals surface area contributed by atoms with Crippen molar-refractivity contribution in [3.05, 3.63) is 40.9 Å². The lowest BCUT2D eigenvalue weighted by atomic mass is 10.4. The van der Waals surface area contributed by atoms with Crippen molar-refractivity contribution in [3.63, 3.8) is 0 Å². The molecule has 2 aromatic heterocycles. The molecule has 3 nitrogen and oxygen atoms in total. The van der Waals surface area contributed by atoms with Crippen LogP contribution < -0.4 is 0 Å². The van der Waals surface area contributed by atoms with E-state index in [4.69, 9.17) is 12.2 Å². The third kappa shape index (κ3) is 1.58. The van der Waals surface area contributed by atoms with E-state index in [1.54, 1.807) is 17.0 Å². The van der Waals surface area contributed by atoms with Crippen LogP contribution in [-0.2, 0) is 0 Å². The first-order valence-corrected chi connectivity index (χ1v) is 4.47. The first-order chi connectivity index (χ1) is 6.66. The van der Waals surface area contributed by atoms with Crippen LogP contribution >= 0.6 is 12.2 Å². The van der Waals surface area contributed by atoms with Crippen LogP contribution in [0, 0.1) is 17.5 Å². The topological polar surface area (TPSA) is 33.6 Å². The van der Waals surface area contributed by atoms with Crippen molar-refractivity contribution in [1.82, 2.24) is 14.5 Å². The number of rotatable bonds is 1. The van der Waals surface area contributed by atoms with E-state index in [0.717, 1.165) is 11.9 Å². The van der Waals surface area contributed by atoms with Gasteiger partial charge in [-0.2, -0.15) is 0 Å². The second kappa shape index (κ2) is 3.34. The van der Waals surface area contributed by atoms with E-state index in [2.05, 4.69) is 9.97 Å². The number of imidazole rings is 1. The predicted molar refractivity (Wildman–Crippen MR) is 53.4 cm³/mol. The van der Waals surface area contributed by atoms with Gasteiger partial charge in [0.15, 0.2) is 4.77 Å². The summed E-state index contributed by atoms with van der Waals surface area (Å²) in [4.78, 5) is 6.71. The van der Waals surface area contributed by atoms with Gasteiger partial charge in [-0.25, -0.2) is 4.39 Å². The minimum atomic E-state index is -0.372. The van der Waals surface area contributed by atoms with Gasteiger partial charge in [0, 0.05) is 18.0 Å². The van der Waals surface area contributed by atoms with Crippen LogP contribution in [0.2, 0.25) is 0 Å². The molecule has 72 valence electrons. The predicted octanol–water partition coefficient (Wildman–Crippen LogP) is 2.38. The fourth-order valence-electron chi connectivity index (χ4n) is 1.24. The molecule has 2 aromatic rings. The number of hydrogen-bond acceptors (Lipinski definition) is 2. The van der Waals surface area contributed by atoms with Crippen LogP contribution in [0.15, 0.2) is 24.7 Å². The normalized spacial score (nSPS) is 10.4. The molecule has 2 heterocycles. The number of aryl methyl sites for hydroxylation is 1. The molecule has 0 radical (unpaired) electrons. The summed E-state index contributed by atoms with van der Waals surface area (Å²) < 4.78 is 15.1. The largest absolute Gasteiger partial charge is 0.335 e. The third-order valence-electron chi connectivity index (χ3n) is 1.81. The molecular formula is C9H8FN3S. The maximum absolute atomic E-state index is 12.9. The Bertz CT molecular complexity index is 515. The highest BCUT2D eigenvalue weighted by Gasteiger charge is 2.01. The Balaban J connectivity index is 2.60. The molecule has 0 bridgehead atoms. The monoisotopic (exact) mass is 209 g/mol. The van der Waals surface area contributed by atoms with Crippen molar-refractivity contribution < 1.29 is 4.39 Å². The summed E-state index contributed by atoms with van der Waals surface area (Å²) >= 11 is 5.06. The van der Waals surface area contributed by atoms with E-state index in [1.807, 2.05) is 6.92 Å². The van der Waals surface area contributed by atoms with E-state index in [0.29, 0.717) is 10.5 Å². The van der Waals surface area contributed by atoms with Crippen LogP contribution in [0.3, 0.4) is 0 Å². The number of nitrogens with one attached hydrogen (secondary N) is 1. The lowest BCUT2D eigenvalue weighted by Gasteiger charge is -2.00. The lowest BCUT2D eigenvalue weighted by Crippen LogP contribution is -1.93. The highest BCUT2D eigenvalue weighted by molar-refractivity contribution is 7.71. The number of aromatic amines is 1. The quantitative estimate of drug-likeness (QED) is 0.731. The second-order valence-electron chi connectivity index (χ2n) is 2.97. The summed E-state index contributed by atoms with van der Waals surface area (Å²) in [6, 6.07) is 1.38. The molecule has 0 saturated carbocycles. The fraction of sp³-hybridized carbons (Fsp3) is 0.111. The smallest absolute Gasteiger partial charge is 0.182 e. The standard InChI is InChI=1S/C9H8FN3S/c1-6-5-13(9(14)12-6)8-2-7(10)3-11-4-8/h2-5H,1H3,(H,12,14). The van der Waals surface area contributed by atoms with Gasteiger partial charge < -0.3 is 4.98 Å². The summed E-state index contributed by atoms with van der Waals surface area (Å²) in [5.74, 6) is -0.372. The molecule has 0 aliphatic carbocycles. The highest BCUT2D eigenvalue weighted by atomic mass is 32.1. The second-order valence-corrected chi connectivity index (χ2v) is 3.36. The Kier molecular flexibility index (Phi) is 2.17. The van der Waals surface area contributed by atoms with E-state index in [1.165, 1.54) is 6.07 Å². The summed E-state index contributed by atoms with van der Waals surface area (Å²) in [6.07, 6.45) is 4.53. The Morgan fingerprint density at radius 3 is 2.86 bits per heavy atom. The molecule has 14 heavy (non-hydrogen) atoms. The van der Waals surface area contributed by atoms with Crippen molar-refractivity contribution in [2.75, 3.05) is 0 Å². The maximum Gasteiger partial charge on any atom is 0.182 e. The Morgan fingerprint density at radius 2 is 2.29 bits per heavy atom. The Hall–Kier alpha value is -1.49. The minimum Gasteiger partial charge on any atom is -0.335 e. The van der Waals surface area contributed by atoms with Crippen molar-refractivity contribution in [2.24, 2.45) is 0 Å². The van der Waals surface area contributed by atoms with Crippen molar-refractivity contribution in [2.45, 2.75) is 6.92 Å². The van der Waals surface area contributed by atoms with Crippen molar-refractivity contribution in [3.8, 4) is 5.69 Å². The van der Waals surface area contributed by atoms with E-state index in [-0.39, 0.29) is 5.82 Å². The molecule has 0 atom stereocenters. The fourth-order valence-corrected chi connectivity index (χ4v) is 1.56. The van der Waals surface area contributed by atoms with Crippen LogP contribution in [0.4, 0.5) is 4.39 Å². The van der Waals surface area contributed by atoms with Crippen LogP contribution in [0.25, 0.3) is 5.69 Å². The Labute approximate surface area is 85.2 Å². The molecule has 0 amide bonds. The number of nitrogens with zero attached hydrogens (tertiary/aromatic N) is 2. The molecule has 0 spiro atoms. The van der Waals surface area contributed by atoms with Crippen LogP contribution in [0.1, 0.15) is 5.69 Å². The molecule has 0 saturated heterocycles. The maximum atomic E-state index is 12.9. The van der Waals surface area contributed by atoms with Gasteiger partial charge in [-0.1, -0.05) is 0 Å². The first kappa shape index (κ1) is 9.08. The van der Waals surface area contributed by atoms with Crippen molar-refractivity contribution >= 4 is 12.2 Å². The van der Waals surface area contributed by atoms with E-state index < -0.39 is 0 Å². The van der Waals surface area contributed by atoms with Gasteiger partial charge in [0.25, 0.3) is 0 Å². The van der Waals surface area contributed by atoms with Crippen LogP contribution in [-0.4, -0.2) is 14.5 Å². The third-order valence-corrected chi connectivity index (χ3v) is 2.11. The van der Waals surface area contributed by atoms with Gasteiger partial charge in [0.05, 0.1) is 18.1 Å². The highest BCUT2D eigenvalue weighted by Crippen LogP contribution is 2.09. The summed E-state index contributed by atoms with van der Waals surface area (Å²) in [6.45, 7) is 1.89. The lowest BCUT2D eigenvalue weighted by molar-refractivity contribution is 0.619. The zero-order valence-electron chi connectivity index (χ0n) is 7.49. The first-order valence-electron chi connectivity index (χ1n) is 4.06. The summed E-state index contributed by atoms with van der Waals surface area (Å²) in [5.41, 5.74) is 1.55. The summed E-state index contributed by atoms with van der Waals surface area (Å²) in [7, 11) is 0. The average molecular weight is 209 g/mol. The van der Waals surface area contributed by atoms with E-state index >= 15 is 0 Å². The molecule has 0 fully saturated rings. The molecular weight excluding hydrogens is 201 g/mol. The molecule has 2 rings (SSSR count). The van der Waals surface area contributed by atoms with Crippen LogP contribution in [0.5, 0.6) is 0 Å². The zero-order valence-corrected chi connectivity index (χ0v) is 8.31. The van der Waals surface area contributed by atoms with Gasteiger partial charge >= 0.3 is 0 Å². The molecule has 0 aromatic carbocycles. The Morgan fingerprint density at radius 1 is 1.50 bits per heavy atom. The van der Waals surface area contributed by atoms with Gasteiger partial charge in [0.1, 0.15) is 5.82 Å². The van der Waals surface area contributed by atoms with Gasteiger partial charge in [-0.05, 0) is 19.1 Å². The number of pyridine rings is 1. The number of H-pyrrole nitrogens is 1. The van der Waals surface area contributed by atoms with E-state index in [9.17, 15) is 4.39 Å². The van der Waals surface area contributed by atoms with Crippen molar-refractivity contribution in [1.29, 1.82) is 0 Å². The molecule has 0 aliphatic rings. The number of halogens is 1. The summed E-state index contributed by atoms with van der Waals surface area (Å²) in [5, 5.41) is 0. The number of hydrogen-bond donors (Lipinski definition) is 1. The van der Waals surface area contributed by atoms with Gasteiger partial charge in [0.2, 0.25) is 0 Å². The molecule has 5 heteroatoms. The zero-order chi connectivity index (χ0) is 10.1. The average Bonchev–Trinajstić information content (AvgIpc) is 2.45. The minimum absolute atomic E-state index is 0.372. The number of aromatic nitrogens is 3.